The van der Waals surface area contributed by atoms with E-state index >= 15 is 0 Å². The van der Waals surface area contributed by atoms with Crippen molar-refractivity contribution in [3.8, 4) is 17.1 Å². The molecule has 0 aliphatic carbocycles. The van der Waals surface area contributed by atoms with E-state index in [0.717, 1.165) is 30.2 Å². The summed E-state index contributed by atoms with van der Waals surface area (Å²) in [4.78, 5) is 14.7. The molecule has 0 atom stereocenters. The number of benzene rings is 2. The van der Waals surface area contributed by atoms with Crippen LogP contribution in [-0.2, 0) is 7.05 Å². The minimum atomic E-state index is -2.89. The molecular formula is C22H24F2N4O2S. The van der Waals surface area contributed by atoms with Gasteiger partial charge in [-0.2, -0.15) is 8.78 Å². The number of ether oxygens (including phenoxy) is 1. The summed E-state index contributed by atoms with van der Waals surface area (Å²) in [5, 5.41) is 9.09. The predicted molar refractivity (Wildman–Crippen MR) is 118 cm³/mol. The van der Waals surface area contributed by atoms with Crippen molar-refractivity contribution >= 4 is 23.2 Å². The molecule has 0 aliphatic heterocycles. The molecule has 0 spiro atoms. The molecule has 0 aliphatic rings. The SMILES string of the molecule is CCN(CC)c1ccc(-c2nnc(SCC(=O)c3ccc(OC(F)F)cc3)n2C)cc1. The zero-order valence-electron chi connectivity index (χ0n) is 17.6. The van der Waals surface area contributed by atoms with Crippen LogP contribution in [0.25, 0.3) is 11.4 Å². The molecule has 0 N–H and O–H groups in total. The molecule has 31 heavy (non-hydrogen) atoms. The van der Waals surface area contributed by atoms with Crippen molar-refractivity contribution in [3.63, 3.8) is 0 Å². The number of halogens is 2. The molecule has 3 rings (SSSR count). The van der Waals surface area contributed by atoms with Gasteiger partial charge in [-0.25, -0.2) is 0 Å². The Balaban J connectivity index is 1.64. The van der Waals surface area contributed by atoms with E-state index in [9.17, 15) is 13.6 Å². The number of ketones is 1. The van der Waals surface area contributed by atoms with Gasteiger partial charge in [0.05, 0.1) is 5.75 Å². The molecular weight excluding hydrogens is 422 g/mol. The number of aromatic nitrogens is 3. The number of thioether (sulfide) groups is 1. The highest BCUT2D eigenvalue weighted by Gasteiger charge is 2.15. The van der Waals surface area contributed by atoms with Crippen LogP contribution in [0.2, 0.25) is 0 Å². The van der Waals surface area contributed by atoms with Crippen molar-refractivity contribution in [1.29, 1.82) is 0 Å². The van der Waals surface area contributed by atoms with E-state index in [4.69, 9.17) is 0 Å². The fourth-order valence-electron chi connectivity index (χ4n) is 3.14. The van der Waals surface area contributed by atoms with Gasteiger partial charge in [0.2, 0.25) is 0 Å². The van der Waals surface area contributed by atoms with Crippen LogP contribution in [0.3, 0.4) is 0 Å². The van der Waals surface area contributed by atoms with Gasteiger partial charge in [0.15, 0.2) is 16.8 Å². The van der Waals surface area contributed by atoms with Crippen molar-refractivity contribution in [2.45, 2.75) is 25.6 Å². The molecule has 0 amide bonds. The number of hydrogen-bond donors (Lipinski definition) is 0. The average molecular weight is 447 g/mol. The number of alkyl halides is 2. The lowest BCUT2D eigenvalue weighted by atomic mass is 10.1. The van der Waals surface area contributed by atoms with Crippen LogP contribution in [0.4, 0.5) is 14.5 Å². The topological polar surface area (TPSA) is 60.3 Å². The maximum atomic E-state index is 12.4. The third-order valence-electron chi connectivity index (χ3n) is 4.82. The summed E-state index contributed by atoms with van der Waals surface area (Å²) in [5.74, 6) is 0.752. The van der Waals surface area contributed by atoms with Crippen LogP contribution in [0.5, 0.6) is 5.75 Å². The molecule has 3 aromatic rings. The minimum absolute atomic E-state index is 0.0177. The molecule has 0 saturated heterocycles. The van der Waals surface area contributed by atoms with Crippen molar-refractivity contribution in [2.75, 3.05) is 23.7 Å². The molecule has 164 valence electrons. The molecule has 1 aromatic heterocycles. The lowest BCUT2D eigenvalue weighted by molar-refractivity contribution is -0.0498. The second-order valence-electron chi connectivity index (χ2n) is 6.70. The Labute approximate surface area is 184 Å². The van der Waals surface area contributed by atoms with E-state index in [0.29, 0.717) is 10.7 Å². The molecule has 9 heteroatoms. The van der Waals surface area contributed by atoms with Crippen molar-refractivity contribution in [1.82, 2.24) is 14.8 Å². The molecule has 0 bridgehead atoms. The second kappa shape index (κ2) is 10.4. The van der Waals surface area contributed by atoms with Crippen LogP contribution in [0, 0.1) is 0 Å². The van der Waals surface area contributed by atoms with Crippen LogP contribution in [0.15, 0.2) is 53.7 Å². The molecule has 0 fully saturated rings. The number of nitrogens with zero attached hydrogens (tertiary/aromatic N) is 4. The fourth-order valence-corrected chi connectivity index (χ4v) is 3.94. The van der Waals surface area contributed by atoms with Gasteiger partial charge >= 0.3 is 6.61 Å². The van der Waals surface area contributed by atoms with E-state index in [1.165, 1.54) is 36.0 Å². The number of hydrogen-bond acceptors (Lipinski definition) is 6. The van der Waals surface area contributed by atoms with Gasteiger partial charge in [-0.1, -0.05) is 11.8 Å². The van der Waals surface area contributed by atoms with E-state index in [1.807, 2.05) is 23.7 Å². The lowest BCUT2D eigenvalue weighted by Gasteiger charge is -2.21. The third kappa shape index (κ3) is 5.61. The van der Waals surface area contributed by atoms with Crippen LogP contribution >= 0.6 is 11.8 Å². The Hall–Kier alpha value is -2.94. The molecule has 0 radical (unpaired) electrons. The van der Waals surface area contributed by atoms with Gasteiger partial charge in [-0.05, 0) is 62.4 Å². The summed E-state index contributed by atoms with van der Waals surface area (Å²) < 4.78 is 30.6. The highest BCUT2D eigenvalue weighted by atomic mass is 32.2. The molecule has 6 nitrogen and oxygen atoms in total. The second-order valence-corrected chi connectivity index (χ2v) is 7.64. The smallest absolute Gasteiger partial charge is 0.387 e. The molecule has 0 unspecified atom stereocenters. The van der Waals surface area contributed by atoms with Crippen LogP contribution in [-0.4, -0.2) is 46.0 Å². The number of anilines is 1. The normalized spacial score (nSPS) is 11.0. The standard InChI is InChI=1S/C22H24F2N4O2S/c1-4-28(5-2)17-10-6-16(7-11-17)20-25-26-22(27(20)3)31-14-19(29)15-8-12-18(13-9-15)30-21(23)24/h6-13,21H,4-5,14H2,1-3H3. The summed E-state index contributed by atoms with van der Waals surface area (Å²) in [5.41, 5.74) is 2.52. The predicted octanol–water partition coefficient (Wildman–Crippen LogP) is 4.90. The summed E-state index contributed by atoms with van der Waals surface area (Å²) in [6.07, 6.45) is 0. The summed E-state index contributed by atoms with van der Waals surface area (Å²) in [6, 6.07) is 13.8. The van der Waals surface area contributed by atoms with E-state index < -0.39 is 6.61 Å². The fraction of sp³-hybridized carbons (Fsp3) is 0.318. The zero-order chi connectivity index (χ0) is 22.4. The highest BCUT2D eigenvalue weighted by Crippen LogP contribution is 2.26. The Morgan fingerprint density at radius 1 is 1.06 bits per heavy atom. The van der Waals surface area contributed by atoms with Gasteiger partial charge in [0.25, 0.3) is 0 Å². The van der Waals surface area contributed by atoms with Crippen molar-refractivity contribution in [3.05, 3.63) is 54.1 Å². The third-order valence-corrected chi connectivity index (χ3v) is 5.84. The monoisotopic (exact) mass is 446 g/mol. The number of rotatable bonds is 10. The Morgan fingerprint density at radius 2 is 1.71 bits per heavy atom. The van der Waals surface area contributed by atoms with Crippen molar-refractivity contribution < 1.29 is 18.3 Å². The Bertz CT molecular complexity index is 1000. The Kier molecular flexibility index (Phi) is 7.62. The summed E-state index contributed by atoms with van der Waals surface area (Å²) in [6.45, 7) is 3.23. The van der Waals surface area contributed by atoms with E-state index in [1.54, 1.807) is 0 Å². The largest absolute Gasteiger partial charge is 0.435 e. The van der Waals surface area contributed by atoms with Crippen molar-refractivity contribution in [2.24, 2.45) is 7.05 Å². The summed E-state index contributed by atoms with van der Waals surface area (Å²) in [7, 11) is 1.86. The first-order valence-electron chi connectivity index (χ1n) is 9.88. The van der Waals surface area contributed by atoms with Gasteiger partial charge in [-0.15, -0.1) is 10.2 Å². The molecule has 2 aromatic carbocycles. The van der Waals surface area contributed by atoms with Crippen LogP contribution < -0.4 is 9.64 Å². The van der Waals surface area contributed by atoms with E-state index in [-0.39, 0.29) is 17.3 Å². The minimum Gasteiger partial charge on any atom is -0.435 e. The summed E-state index contributed by atoms with van der Waals surface area (Å²) >= 11 is 1.28. The first-order valence-corrected chi connectivity index (χ1v) is 10.9. The number of carbonyl (C=O) groups is 1. The average Bonchev–Trinajstić information content (AvgIpc) is 3.14. The zero-order valence-corrected chi connectivity index (χ0v) is 18.4. The first kappa shape index (κ1) is 22.7. The number of Topliss-reactive ketones (excluding diaryl/α,β-unsaturated/α-hetero) is 1. The van der Waals surface area contributed by atoms with Crippen LogP contribution in [0.1, 0.15) is 24.2 Å². The highest BCUT2D eigenvalue weighted by molar-refractivity contribution is 7.99. The van der Waals surface area contributed by atoms with Gasteiger partial charge in [0, 0.05) is 37.0 Å². The maximum absolute atomic E-state index is 12.4. The molecule has 0 saturated carbocycles. The van der Waals surface area contributed by atoms with Gasteiger partial charge in [0.1, 0.15) is 5.75 Å². The number of carbonyl (C=O) groups excluding carboxylic acids is 1. The van der Waals surface area contributed by atoms with Gasteiger partial charge < -0.3 is 14.2 Å². The molecule has 1 heterocycles. The maximum Gasteiger partial charge on any atom is 0.387 e. The van der Waals surface area contributed by atoms with E-state index in [2.05, 4.69) is 45.8 Å². The Morgan fingerprint density at radius 3 is 2.29 bits per heavy atom. The lowest BCUT2D eigenvalue weighted by Crippen LogP contribution is -2.21. The first-order chi connectivity index (χ1) is 14.9. The quantitative estimate of drug-likeness (QED) is 0.326. The van der Waals surface area contributed by atoms with Gasteiger partial charge in [-0.3, -0.25) is 4.79 Å².